The number of hydrogen-bond acceptors (Lipinski definition) is 2. The summed E-state index contributed by atoms with van der Waals surface area (Å²) in [5, 5.41) is 9.06. The molecule has 12 heavy (non-hydrogen) atoms. The fourth-order valence-electron chi connectivity index (χ4n) is 0.889. The van der Waals surface area contributed by atoms with Crippen molar-refractivity contribution in [3.63, 3.8) is 0 Å². The van der Waals surface area contributed by atoms with Gasteiger partial charge in [-0.05, 0) is 24.6 Å². The second-order valence-electron chi connectivity index (χ2n) is 2.49. The van der Waals surface area contributed by atoms with Crippen LogP contribution in [0.3, 0.4) is 0 Å². The summed E-state index contributed by atoms with van der Waals surface area (Å²) < 4.78 is 0. The van der Waals surface area contributed by atoms with Crippen LogP contribution in [-0.4, -0.2) is 11.1 Å². The lowest BCUT2D eigenvalue weighted by Gasteiger charge is -2.03. The van der Waals surface area contributed by atoms with Crippen LogP contribution in [0.5, 0.6) is 0 Å². The van der Waals surface area contributed by atoms with Crippen molar-refractivity contribution in [2.45, 2.75) is 6.92 Å². The molecule has 64 valence electrons. The Labute approximate surface area is 74.8 Å². The number of nitrogen functional groups attached to an aromatic ring is 1. The van der Waals surface area contributed by atoms with Crippen molar-refractivity contribution in [1.82, 2.24) is 0 Å². The number of aryl methyl sites for hydroxylation is 1. The summed E-state index contributed by atoms with van der Waals surface area (Å²) in [6.45, 7) is 1.77. The first kappa shape index (κ1) is 8.87. The van der Waals surface area contributed by atoms with E-state index in [4.69, 9.17) is 22.4 Å². The molecule has 0 aromatic heterocycles. The van der Waals surface area contributed by atoms with Crippen LogP contribution in [0.25, 0.3) is 0 Å². The maximum atomic E-state index is 10.5. The number of anilines is 1. The number of benzene rings is 1. The molecule has 0 saturated carbocycles. The second kappa shape index (κ2) is 3.03. The third-order valence-electron chi connectivity index (χ3n) is 1.56. The molecule has 3 nitrogen and oxygen atoms in total. The van der Waals surface area contributed by atoms with Gasteiger partial charge in [0.2, 0.25) is 0 Å². The van der Waals surface area contributed by atoms with Crippen molar-refractivity contribution in [2.75, 3.05) is 5.73 Å². The number of carboxylic acids is 1. The quantitative estimate of drug-likeness (QED) is 0.658. The van der Waals surface area contributed by atoms with Crippen LogP contribution in [0.1, 0.15) is 15.9 Å². The summed E-state index contributed by atoms with van der Waals surface area (Å²) in [6, 6.07) is 2.90. The third-order valence-corrected chi connectivity index (χ3v) is 1.97. The van der Waals surface area contributed by atoms with E-state index >= 15 is 0 Å². The number of carbonyl (C=O) groups is 1. The Hall–Kier alpha value is -1.22. The molecule has 1 aromatic carbocycles. The van der Waals surface area contributed by atoms with E-state index in [0.29, 0.717) is 5.02 Å². The zero-order valence-electron chi connectivity index (χ0n) is 6.47. The molecule has 1 aromatic rings. The molecule has 0 unspecified atom stereocenters. The van der Waals surface area contributed by atoms with Gasteiger partial charge in [0.1, 0.15) is 0 Å². The lowest BCUT2D eigenvalue weighted by Crippen LogP contribution is -2.02. The Morgan fingerprint density at radius 1 is 1.58 bits per heavy atom. The van der Waals surface area contributed by atoms with Crippen molar-refractivity contribution in [2.24, 2.45) is 0 Å². The molecule has 0 atom stereocenters. The van der Waals surface area contributed by atoms with Crippen LogP contribution in [-0.2, 0) is 0 Å². The highest BCUT2D eigenvalue weighted by Gasteiger charge is 2.09. The Kier molecular flexibility index (Phi) is 2.24. The molecule has 0 amide bonds. The van der Waals surface area contributed by atoms with Crippen LogP contribution in [0, 0.1) is 6.92 Å². The van der Waals surface area contributed by atoms with Crippen LogP contribution >= 0.6 is 11.6 Å². The minimum Gasteiger partial charge on any atom is -0.478 e. The lowest BCUT2D eigenvalue weighted by molar-refractivity contribution is 0.0698. The fraction of sp³-hybridized carbons (Fsp3) is 0.125. The zero-order valence-corrected chi connectivity index (χ0v) is 7.22. The van der Waals surface area contributed by atoms with E-state index in [1.165, 1.54) is 6.07 Å². The Bertz CT molecular complexity index is 336. The van der Waals surface area contributed by atoms with Gasteiger partial charge in [0, 0.05) is 10.7 Å². The lowest BCUT2D eigenvalue weighted by atomic mass is 10.1. The molecular formula is C8H8ClNO2. The van der Waals surface area contributed by atoms with Gasteiger partial charge in [-0.3, -0.25) is 0 Å². The minimum atomic E-state index is -1.06. The normalized spacial score (nSPS) is 9.83. The van der Waals surface area contributed by atoms with Gasteiger partial charge < -0.3 is 10.8 Å². The number of hydrogen-bond donors (Lipinski definition) is 2. The summed E-state index contributed by atoms with van der Waals surface area (Å²) in [7, 11) is 0. The molecule has 0 aliphatic heterocycles. The van der Waals surface area contributed by atoms with E-state index in [-0.39, 0.29) is 11.3 Å². The van der Waals surface area contributed by atoms with Crippen molar-refractivity contribution >= 4 is 23.3 Å². The SMILES string of the molecule is Cc1cc(N)c(C(=O)O)cc1Cl. The number of aromatic carboxylic acids is 1. The Morgan fingerprint density at radius 3 is 2.67 bits per heavy atom. The molecular weight excluding hydrogens is 178 g/mol. The maximum absolute atomic E-state index is 10.5. The molecule has 0 spiro atoms. The highest BCUT2D eigenvalue weighted by molar-refractivity contribution is 6.31. The highest BCUT2D eigenvalue weighted by Crippen LogP contribution is 2.22. The van der Waals surface area contributed by atoms with E-state index in [2.05, 4.69) is 0 Å². The largest absolute Gasteiger partial charge is 0.478 e. The van der Waals surface area contributed by atoms with Crippen molar-refractivity contribution in [1.29, 1.82) is 0 Å². The molecule has 0 bridgehead atoms. The van der Waals surface area contributed by atoms with Gasteiger partial charge >= 0.3 is 5.97 Å². The monoisotopic (exact) mass is 185 g/mol. The van der Waals surface area contributed by atoms with Crippen LogP contribution < -0.4 is 5.73 Å². The van der Waals surface area contributed by atoms with Gasteiger partial charge in [0.15, 0.2) is 0 Å². The summed E-state index contributed by atoms with van der Waals surface area (Å²) in [6.07, 6.45) is 0. The topological polar surface area (TPSA) is 63.3 Å². The third kappa shape index (κ3) is 1.51. The predicted molar refractivity (Wildman–Crippen MR) is 47.6 cm³/mol. The average Bonchev–Trinajstić information content (AvgIpc) is 1.96. The summed E-state index contributed by atoms with van der Waals surface area (Å²) in [5.74, 6) is -1.06. The van der Waals surface area contributed by atoms with Gasteiger partial charge in [-0.1, -0.05) is 11.6 Å². The predicted octanol–water partition coefficient (Wildman–Crippen LogP) is 1.93. The highest BCUT2D eigenvalue weighted by atomic mass is 35.5. The van der Waals surface area contributed by atoms with Gasteiger partial charge in [0.25, 0.3) is 0 Å². The molecule has 0 aliphatic rings. The second-order valence-corrected chi connectivity index (χ2v) is 2.90. The van der Waals surface area contributed by atoms with Crippen molar-refractivity contribution < 1.29 is 9.90 Å². The summed E-state index contributed by atoms with van der Waals surface area (Å²) in [4.78, 5) is 10.5. The zero-order chi connectivity index (χ0) is 9.30. The molecule has 4 heteroatoms. The van der Waals surface area contributed by atoms with Gasteiger partial charge in [-0.15, -0.1) is 0 Å². The number of rotatable bonds is 1. The molecule has 0 fully saturated rings. The molecule has 1 rings (SSSR count). The van der Waals surface area contributed by atoms with Crippen LogP contribution in [0.15, 0.2) is 12.1 Å². The smallest absolute Gasteiger partial charge is 0.337 e. The molecule has 0 saturated heterocycles. The number of nitrogens with two attached hydrogens (primary N) is 1. The first-order valence-electron chi connectivity index (χ1n) is 3.31. The van der Waals surface area contributed by atoms with E-state index < -0.39 is 5.97 Å². The van der Waals surface area contributed by atoms with Crippen LogP contribution in [0.2, 0.25) is 5.02 Å². The van der Waals surface area contributed by atoms with Gasteiger partial charge in [0.05, 0.1) is 5.56 Å². The standard InChI is InChI=1S/C8H8ClNO2/c1-4-2-7(10)5(8(11)12)3-6(4)9/h2-3H,10H2,1H3,(H,11,12). The average molecular weight is 186 g/mol. The first-order chi connectivity index (χ1) is 5.52. The number of halogens is 1. The Balaban J connectivity index is 3.33. The summed E-state index contributed by atoms with van der Waals surface area (Å²) >= 11 is 5.71. The van der Waals surface area contributed by atoms with Gasteiger partial charge in [-0.25, -0.2) is 4.79 Å². The minimum absolute atomic E-state index is 0.0469. The molecule has 0 aliphatic carbocycles. The van der Waals surface area contributed by atoms with E-state index in [9.17, 15) is 4.79 Å². The van der Waals surface area contributed by atoms with E-state index in [1.807, 2.05) is 0 Å². The molecule has 0 heterocycles. The van der Waals surface area contributed by atoms with Crippen molar-refractivity contribution in [3.05, 3.63) is 28.3 Å². The van der Waals surface area contributed by atoms with E-state index in [0.717, 1.165) is 5.56 Å². The van der Waals surface area contributed by atoms with Crippen LogP contribution in [0.4, 0.5) is 5.69 Å². The molecule has 0 radical (unpaired) electrons. The Morgan fingerprint density at radius 2 is 2.17 bits per heavy atom. The first-order valence-corrected chi connectivity index (χ1v) is 3.69. The molecule has 3 N–H and O–H groups in total. The number of carboxylic acid groups (broad SMARTS) is 1. The van der Waals surface area contributed by atoms with E-state index in [1.54, 1.807) is 13.0 Å². The fourth-order valence-corrected chi connectivity index (χ4v) is 1.05. The van der Waals surface area contributed by atoms with Gasteiger partial charge in [-0.2, -0.15) is 0 Å². The summed E-state index contributed by atoms with van der Waals surface area (Å²) in [5.41, 5.74) is 6.52. The van der Waals surface area contributed by atoms with Crippen molar-refractivity contribution in [3.8, 4) is 0 Å². The maximum Gasteiger partial charge on any atom is 0.337 e.